The minimum absolute atomic E-state index is 0.138. The number of hydrogen-bond donors (Lipinski definition) is 1. The summed E-state index contributed by atoms with van der Waals surface area (Å²) in [6.07, 6.45) is 1.89. The first-order chi connectivity index (χ1) is 9.06. The van der Waals surface area contributed by atoms with Crippen molar-refractivity contribution < 1.29 is 13.5 Å². The summed E-state index contributed by atoms with van der Waals surface area (Å²) in [4.78, 5) is 0. The average Bonchev–Trinajstić information content (AvgIpc) is 2.66. The van der Waals surface area contributed by atoms with Crippen LogP contribution < -0.4 is 10.1 Å². The maximum absolute atomic E-state index is 12.3. The van der Waals surface area contributed by atoms with Crippen molar-refractivity contribution >= 4 is 5.69 Å². The first kappa shape index (κ1) is 13.3. The fraction of sp³-hybridized carbons (Fsp3) is 0.308. The van der Waals surface area contributed by atoms with Gasteiger partial charge in [0.25, 0.3) is 0 Å². The van der Waals surface area contributed by atoms with E-state index in [1.165, 1.54) is 6.07 Å². The van der Waals surface area contributed by atoms with Gasteiger partial charge in [-0.2, -0.15) is 13.9 Å². The monoisotopic (exact) mass is 267 g/mol. The molecule has 6 heteroatoms. The molecule has 0 radical (unpaired) electrons. The fourth-order valence-electron chi connectivity index (χ4n) is 1.82. The number of rotatable bonds is 5. The Labute approximate surface area is 110 Å². The van der Waals surface area contributed by atoms with Crippen molar-refractivity contribution in [2.24, 2.45) is 7.05 Å². The summed E-state index contributed by atoms with van der Waals surface area (Å²) in [5.41, 5.74) is 2.45. The highest BCUT2D eigenvalue weighted by atomic mass is 19.3. The molecule has 4 nitrogen and oxygen atoms in total. The predicted molar refractivity (Wildman–Crippen MR) is 68.3 cm³/mol. The van der Waals surface area contributed by atoms with E-state index in [-0.39, 0.29) is 5.75 Å². The van der Waals surface area contributed by atoms with Gasteiger partial charge in [0.15, 0.2) is 0 Å². The van der Waals surface area contributed by atoms with E-state index in [0.717, 1.165) is 11.3 Å². The lowest BCUT2D eigenvalue weighted by Crippen LogP contribution is -2.06. The molecule has 0 aliphatic heterocycles. The van der Waals surface area contributed by atoms with Gasteiger partial charge in [0, 0.05) is 25.4 Å². The van der Waals surface area contributed by atoms with Gasteiger partial charge in [-0.15, -0.1) is 0 Å². The number of nitrogens with one attached hydrogen (secondary N) is 1. The van der Waals surface area contributed by atoms with Crippen LogP contribution in [0.4, 0.5) is 14.5 Å². The number of halogens is 2. The van der Waals surface area contributed by atoms with Crippen LogP contribution in [0.1, 0.15) is 11.3 Å². The normalized spacial score (nSPS) is 10.8. The number of aromatic nitrogens is 2. The highest BCUT2D eigenvalue weighted by molar-refractivity contribution is 5.56. The highest BCUT2D eigenvalue weighted by Crippen LogP contribution is 2.26. The van der Waals surface area contributed by atoms with Crippen molar-refractivity contribution in [2.45, 2.75) is 20.1 Å². The average molecular weight is 267 g/mol. The zero-order valence-electron chi connectivity index (χ0n) is 10.7. The van der Waals surface area contributed by atoms with E-state index in [4.69, 9.17) is 0 Å². The molecule has 0 atom stereocenters. The molecule has 0 bridgehead atoms. The molecule has 2 aromatic rings. The van der Waals surface area contributed by atoms with Gasteiger partial charge in [-0.25, -0.2) is 0 Å². The van der Waals surface area contributed by atoms with Gasteiger partial charge < -0.3 is 10.1 Å². The maximum Gasteiger partial charge on any atom is 0.387 e. The lowest BCUT2D eigenvalue weighted by Gasteiger charge is -2.12. The van der Waals surface area contributed by atoms with Gasteiger partial charge in [0.2, 0.25) is 0 Å². The van der Waals surface area contributed by atoms with Crippen LogP contribution in [-0.2, 0) is 13.6 Å². The molecule has 0 spiro atoms. The minimum Gasteiger partial charge on any atom is -0.433 e. The molecule has 1 aromatic heterocycles. The van der Waals surface area contributed by atoms with Gasteiger partial charge in [0.1, 0.15) is 5.75 Å². The number of ether oxygens (including phenoxy) is 1. The quantitative estimate of drug-likeness (QED) is 0.905. The van der Waals surface area contributed by atoms with Crippen LogP contribution in [-0.4, -0.2) is 16.4 Å². The molecule has 19 heavy (non-hydrogen) atoms. The van der Waals surface area contributed by atoms with E-state index in [2.05, 4.69) is 15.2 Å². The van der Waals surface area contributed by atoms with Crippen molar-refractivity contribution in [1.82, 2.24) is 9.78 Å². The van der Waals surface area contributed by atoms with Crippen molar-refractivity contribution in [2.75, 3.05) is 5.32 Å². The van der Waals surface area contributed by atoms with Gasteiger partial charge >= 0.3 is 6.61 Å². The van der Waals surface area contributed by atoms with Crippen LogP contribution in [0.3, 0.4) is 0 Å². The molecule has 0 aliphatic rings. The van der Waals surface area contributed by atoms with Crippen molar-refractivity contribution in [3.05, 3.63) is 41.7 Å². The highest BCUT2D eigenvalue weighted by Gasteiger charge is 2.09. The Morgan fingerprint density at radius 2 is 2.11 bits per heavy atom. The molecular formula is C13H15F2N3O. The Morgan fingerprint density at radius 3 is 2.74 bits per heavy atom. The standard InChI is InChI=1S/C13H15F2N3O/c1-9-10(8-18(2)17-9)7-16-11-5-3-4-6-12(11)19-13(14)15/h3-6,8,13,16H,7H2,1-2H3. The molecule has 0 unspecified atom stereocenters. The minimum atomic E-state index is -2.83. The summed E-state index contributed by atoms with van der Waals surface area (Å²) >= 11 is 0. The zero-order chi connectivity index (χ0) is 13.8. The van der Waals surface area contributed by atoms with Crippen LogP contribution in [0.5, 0.6) is 5.75 Å². The van der Waals surface area contributed by atoms with Crippen LogP contribution in [0, 0.1) is 6.92 Å². The molecular weight excluding hydrogens is 252 g/mol. The summed E-state index contributed by atoms with van der Waals surface area (Å²) in [5.74, 6) is 0.138. The third-order valence-corrected chi connectivity index (χ3v) is 2.69. The molecule has 0 saturated carbocycles. The second-order valence-electron chi connectivity index (χ2n) is 4.14. The predicted octanol–water partition coefficient (Wildman–Crippen LogP) is 2.94. The van der Waals surface area contributed by atoms with Crippen molar-refractivity contribution in [3.8, 4) is 5.75 Å². The Hall–Kier alpha value is -2.11. The zero-order valence-corrected chi connectivity index (χ0v) is 10.7. The second-order valence-corrected chi connectivity index (χ2v) is 4.14. The molecule has 0 amide bonds. The molecule has 0 saturated heterocycles. The number of benzene rings is 1. The molecule has 0 aliphatic carbocycles. The van der Waals surface area contributed by atoms with Crippen molar-refractivity contribution in [1.29, 1.82) is 0 Å². The Balaban J connectivity index is 2.09. The van der Waals surface area contributed by atoms with Crippen LogP contribution in [0.25, 0.3) is 0 Å². The summed E-state index contributed by atoms with van der Waals surface area (Å²) in [5, 5.41) is 7.30. The molecule has 1 aromatic carbocycles. The molecule has 0 fully saturated rings. The number of aryl methyl sites for hydroxylation is 2. The fourth-order valence-corrected chi connectivity index (χ4v) is 1.82. The van der Waals surface area contributed by atoms with Gasteiger partial charge in [-0.3, -0.25) is 4.68 Å². The second kappa shape index (κ2) is 5.69. The first-order valence-electron chi connectivity index (χ1n) is 5.83. The van der Waals surface area contributed by atoms with Crippen molar-refractivity contribution in [3.63, 3.8) is 0 Å². The lowest BCUT2D eigenvalue weighted by atomic mass is 10.2. The largest absolute Gasteiger partial charge is 0.433 e. The third-order valence-electron chi connectivity index (χ3n) is 2.69. The third kappa shape index (κ3) is 3.43. The molecule has 1 N–H and O–H groups in total. The van der Waals surface area contributed by atoms with Gasteiger partial charge in [-0.1, -0.05) is 12.1 Å². The van der Waals surface area contributed by atoms with Gasteiger partial charge in [-0.05, 0) is 19.1 Å². The number of hydrogen-bond acceptors (Lipinski definition) is 3. The molecule has 102 valence electrons. The summed E-state index contributed by atoms with van der Waals surface area (Å²) in [7, 11) is 1.84. The topological polar surface area (TPSA) is 39.1 Å². The first-order valence-corrected chi connectivity index (χ1v) is 5.83. The van der Waals surface area contributed by atoms with Crippen LogP contribution in [0.2, 0.25) is 0 Å². The van der Waals surface area contributed by atoms with E-state index in [9.17, 15) is 8.78 Å². The van der Waals surface area contributed by atoms with Gasteiger partial charge in [0.05, 0.1) is 11.4 Å². The molecule has 1 heterocycles. The number of alkyl halides is 2. The SMILES string of the molecule is Cc1nn(C)cc1CNc1ccccc1OC(F)F. The summed E-state index contributed by atoms with van der Waals surface area (Å²) in [6.45, 7) is -0.426. The van der Waals surface area contributed by atoms with Crippen LogP contribution in [0.15, 0.2) is 30.5 Å². The van der Waals surface area contributed by atoms with Crippen LogP contribution >= 0.6 is 0 Å². The number of nitrogens with zero attached hydrogens (tertiary/aromatic N) is 2. The Kier molecular flexibility index (Phi) is 3.99. The smallest absolute Gasteiger partial charge is 0.387 e. The number of para-hydroxylation sites is 2. The summed E-state index contributed by atoms with van der Waals surface area (Å²) < 4.78 is 30.7. The Morgan fingerprint density at radius 1 is 1.37 bits per heavy atom. The molecule has 2 rings (SSSR count). The Bertz CT molecular complexity index is 555. The van der Waals surface area contributed by atoms with E-state index >= 15 is 0 Å². The van der Waals surface area contributed by atoms with E-state index < -0.39 is 6.61 Å². The maximum atomic E-state index is 12.3. The van der Waals surface area contributed by atoms with E-state index in [1.54, 1.807) is 22.9 Å². The lowest BCUT2D eigenvalue weighted by molar-refractivity contribution is -0.0493. The number of anilines is 1. The summed E-state index contributed by atoms with van der Waals surface area (Å²) in [6, 6.07) is 6.61. The van der Waals surface area contributed by atoms with E-state index in [1.807, 2.05) is 20.2 Å². The van der Waals surface area contributed by atoms with E-state index in [0.29, 0.717) is 12.2 Å².